The van der Waals surface area contributed by atoms with E-state index in [4.69, 9.17) is 5.84 Å². The second kappa shape index (κ2) is 4.79. The zero-order chi connectivity index (χ0) is 8.81. The topological polar surface area (TPSA) is 67.5 Å². The molecule has 1 rings (SSSR count). The number of nitrogens with two attached hydrogens (primary N) is 1. The lowest BCUT2D eigenvalue weighted by Crippen LogP contribution is -2.24. The van der Waals surface area contributed by atoms with Crippen molar-refractivity contribution in [2.75, 3.05) is 6.54 Å². The first-order chi connectivity index (χ1) is 5.86. The number of hydrazine groups is 1. The molecule has 0 spiro atoms. The minimum atomic E-state index is 0.492. The highest BCUT2D eigenvalue weighted by Gasteiger charge is 2.07. The Kier molecular flexibility index (Phi) is 3.63. The van der Waals surface area contributed by atoms with Crippen LogP contribution in [0.5, 0.6) is 0 Å². The van der Waals surface area contributed by atoms with Crippen molar-refractivity contribution in [1.29, 1.82) is 0 Å². The van der Waals surface area contributed by atoms with E-state index in [0.29, 0.717) is 11.6 Å². The van der Waals surface area contributed by atoms with E-state index in [1.807, 2.05) is 12.2 Å². The fourth-order valence-electron chi connectivity index (χ4n) is 1.20. The maximum Gasteiger partial charge on any atom is 0.103 e. The maximum atomic E-state index is 10.1. The molecule has 0 aromatic rings. The van der Waals surface area contributed by atoms with E-state index in [0.717, 1.165) is 19.4 Å². The van der Waals surface area contributed by atoms with Gasteiger partial charge in [-0.3, -0.25) is 11.3 Å². The molecular formula is C8H13N3O. The summed E-state index contributed by atoms with van der Waals surface area (Å²) >= 11 is 0. The van der Waals surface area contributed by atoms with Gasteiger partial charge in [0, 0.05) is 6.54 Å². The van der Waals surface area contributed by atoms with Gasteiger partial charge in [-0.1, -0.05) is 12.2 Å². The standard InChI is InChI=1S/C8H13N3O/c9-10-6-5-7-1-3-8(11-12)4-2-7/h1,3-4,7,10H,2,5-6,9H2. The molecule has 0 aliphatic heterocycles. The maximum absolute atomic E-state index is 10.1. The lowest BCUT2D eigenvalue weighted by Gasteiger charge is -2.12. The lowest BCUT2D eigenvalue weighted by atomic mass is 9.96. The van der Waals surface area contributed by atoms with Gasteiger partial charge < -0.3 is 0 Å². The van der Waals surface area contributed by atoms with E-state index >= 15 is 0 Å². The Morgan fingerprint density at radius 2 is 2.58 bits per heavy atom. The monoisotopic (exact) mass is 167 g/mol. The van der Waals surface area contributed by atoms with Crippen molar-refractivity contribution in [2.24, 2.45) is 16.9 Å². The first-order valence-electron chi connectivity index (χ1n) is 4.02. The Bertz CT molecular complexity index is 210. The van der Waals surface area contributed by atoms with Gasteiger partial charge in [-0.15, -0.1) is 4.91 Å². The van der Waals surface area contributed by atoms with Crippen LogP contribution in [0.3, 0.4) is 0 Å². The minimum absolute atomic E-state index is 0.492. The van der Waals surface area contributed by atoms with Crippen LogP contribution in [0.4, 0.5) is 0 Å². The SMILES string of the molecule is NNCCC1C=CC(N=O)=CC1. The molecule has 0 aromatic heterocycles. The number of nitroso groups, excluding NO2 is 1. The first-order valence-corrected chi connectivity index (χ1v) is 4.02. The predicted molar refractivity (Wildman–Crippen MR) is 47.9 cm³/mol. The summed E-state index contributed by atoms with van der Waals surface area (Å²) in [6, 6.07) is 0. The molecule has 0 amide bonds. The molecule has 0 saturated heterocycles. The Labute approximate surface area is 71.5 Å². The van der Waals surface area contributed by atoms with Crippen LogP contribution >= 0.6 is 0 Å². The number of hydrogen-bond acceptors (Lipinski definition) is 4. The number of nitrogens with one attached hydrogen (secondary N) is 1. The Morgan fingerprint density at radius 3 is 3.08 bits per heavy atom. The molecule has 1 aliphatic rings. The van der Waals surface area contributed by atoms with Gasteiger partial charge in [-0.05, 0) is 30.0 Å². The number of hydrogen-bond donors (Lipinski definition) is 2. The Balaban J connectivity index is 2.32. The van der Waals surface area contributed by atoms with Crippen molar-refractivity contribution in [3.8, 4) is 0 Å². The van der Waals surface area contributed by atoms with Crippen LogP contribution in [0, 0.1) is 10.8 Å². The van der Waals surface area contributed by atoms with E-state index < -0.39 is 0 Å². The summed E-state index contributed by atoms with van der Waals surface area (Å²) in [6.07, 6.45) is 7.51. The average molecular weight is 167 g/mol. The third kappa shape index (κ3) is 2.56. The molecule has 3 N–H and O–H groups in total. The Morgan fingerprint density at radius 1 is 1.75 bits per heavy atom. The van der Waals surface area contributed by atoms with E-state index in [9.17, 15) is 4.91 Å². The zero-order valence-corrected chi connectivity index (χ0v) is 6.86. The smallest absolute Gasteiger partial charge is 0.103 e. The van der Waals surface area contributed by atoms with Crippen LogP contribution in [0.15, 0.2) is 29.1 Å². The van der Waals surface area contributed by atoms with Crippen molar-refractivity contribution >= 4 is 0 Å². The summed E-state index contributed by atoms with van der Waals surface area (Å²) in [7, 11) is 0. The van der Waals surface area contributed by atoms with Gasteiger partial charge in [0.15, 0.2) is 0 Å². The number of nitrogens with zero attached hydrogens (tertiary/aromatic N) is 1. The van der Waals surface area contributed by atoms with Crippen LogP contribution in [-0.4, -0.2) is 6.54 Å². The second-order valence-electron chi connectivity index (χ2n) is 2.82. The summed E-state index contributed by atoms with van der Waals surface area (Å²) < 4.78 is 0. The van der Waals surface area contributed by atoms with Gasteiger partial charge in [-0.25, -0.2) is 0 Å². The third-order valence-electron chi connectivity index (χ3n) is 1.93. The molecule has 0 bridgehead atoms. The molecule has 0 fully saturated rings. The van der Waals surface area contributed by atoms with E-state index in [2.05, 4.69) is 10.6 Å². The van der Waals surface area contributed by atoms with Gasteiger partial charge in [-0.2, -0.15) is 0 Å². The molecule has 1 atom stereocenters. The van der Waals surface area contributed by atoms with Gasteiger partial charge in [0.25, 0.3) is 0 Å². The van der Waals surface area contributed by atoms with E-state index in [1.165, 1.54) is 0 Å². The van der Waals surface area contributed by atoms with Crippen molar-refractivity contribution in [3.05, 3.63) is 28.8 Å². The van der Waals surface area contributed by atoms with Gasteiger partial charge >= 0.3 is 0 Å². The Hall–Kier alpha value is -1.00. The van der Waals surface area contributed by atoms with Crippen molar-refractivity contribution in [1.82, 2.24) is 5.43 Å². The highest BCUT2D eigenvalue weighted by atomic mass is 16.3. The summed E-state index contributed by atoms with van der Waals surface area (Å²) in [6.45, 7) is 0.798. The molecule has 0 radical (unpaired) electrons. The molecule has 4 heteroatoms. The fourth-order valence-corrected chi connectivity index (χ4v) is 1.20. The van der Waals surface area contributed by atoms with Gasteiger partial charge in [0.2, 0.25) is 0 Å². The summed E-state index contributed by atoms with van der Waals surface area (Å²) in [5.41, 5.74) is 3.13. The largest absolute Gasteiger partial charge is 0.271 e. The molecule has 1 unspecified atom stereocenters. The molecule has 0 saturated carbocycles. The summed E-state index contributed by atoms with van der Waals surface area (Å²) in [5, 5.41) is 2.85. The van der Waals surface area contributed by atoms with Crippen molar-refractivity contribution in [2.45, 2.75) is 12.8 Å². The van der Waals surface area contributed by atoms with Crippen LogP contribution in [0.1, 0.15) is 12.8 Å². The third-order valence-corrected chi connectivity index (χ3v) is 1.93. The van der Waals surface area contributed by atoms with Crippen LogP contribution in [0.25, 0.3) is 0 Å². The minimum Gasteiger partial charge on any atom is -0.271 e. The highest BCUT2D eigenvalue weighted by Crippen LogP contribution is 2.19. The molecule has 66 valence electrons. The fraction of sp³-hybridized carbons (Fsp3) is 0.500. The number of allylic oxidation sites excluding steroid dienone is 3. The van der Waals surface area contributed by atoms with Crippen LogP contribution in [0.2, 0.25) is 0 Å². The summed E-state index contributed by atoms with van der Waals surface area (Å²) in [5.74, 6) is 5.63. The van der Waals surface area contributed by atoms with Crippen LogP contribution < -0.4 is 11.3 Å². The average Bonchev–Trinajstić information content (AvgIpc) is 2.15. The molecule has 4 nitrogen and oxygen atoms in total. The quantitative estimate of drug-likeness (QED) is 0.374. The van der Waals surface area contributed by atoms with Crippen molar-refractivity contribution in [3.63, 3.8) is 0 Å². The second-order valence-corrected chi connectivity index (χ2v) is 2.82. The van der Waals surface area contributed by atoms with Gasteiger partial charge in [0.1, 0.15) is 5.70 Å². The molecule has 12 heavy (non-hydrogen) atoms. The summed E-state index contributed by atoms with van der Waals surface area (Å²) in [4.78, 5) is 10.1. The van der Waals surface area contributed by atoms with Crippen LogP contribution in [-0.2, 0) is 0 Å². The van der Waals surface area contributed by atoms with E-state index in [-0.39, 0.29) is 0 Å². The number of rotatable bonds is 4. The molecule has 1 aliphatic carbocycles. The lowest BCUT2D eigenvalue weighted by molar-refractivity contribution is 0.552. The predicted octanol–water partition coefficient (Wildman–Crippen LogP) is 1.07. The van der Waals surface area contributed by atoms with Crippen molar-refractivity contribution < 1.29 is 0 Å². The zero-order valence-electron chi connectivity index (χ0n) is 6.86. The molecular weight excluding hydrogens is 154 g/mol. The van der Waals surface area contributed by atoms with Gasteiger partial charge in [0.05, 0.1) is 0 Å². The van der Waals surface area contributed by atoms with E-state index in [1.54, 1.807) is 6.08 Å². The highest BCUT2D eigenvalue weighted by molar-refractivity contribution is 5.22. The normalized spacial score (nSPS) is 22.1. The first kappa shape index (κ1) is 9.09. The molecule has 0 aromatic carbocycles. The molecule has 0 heterocycles.